The molecule has 0 saturated carbocycles. The number of anilines is 1. The van der Waals surface area contributed by atoms with Crippen LogP contribution in [0, 0.1) is 5.41 Å². The predicted molar refractivity (Wildman–Crippen MR) is 93.9 cm³/mol. The van der Waals surface area contributed by atoms with Gasteiger partial charge in [0.1, 0.15) is 0 Å². The van der Waals surface area contributed by atoms with Crippen molar-refractivity contribution in [3.05, 3.63) is 42.5 Å². The minimum absolute atomic E-state index is 0.182. The fraction of sp³-hybridized carbons (Fsp3) is 0.474. The number of fused-ring (bicyclic) bond motifs is 1. The Morgan fingerprint density at radius 1 is 1.05 bits per heavy atom. The van der Waals surface area contributed by atoms with Gasteiger partial charge in [0.05, 0.1) is 0 Å². The Morgan fingerprint density at radius 2 is 1.76 bits per heavy atom. The lowest BCUT2D eigenvalue weighted by Crippen LogP contribution is -2.40. The highest BCUT2D eigenvalue weighted by atomic mass is 15.1. The Kier molecular flexibility index (Phi) is 5.24. The minimum atomic E-state index is 0.182. The van der Waals surface area contributed by atoms with Crippen LogP contribution in [0.15, 0.2) is 42.5 Å². The zero-order valence-corrected chi connectivity index (χ0v) is 13.6. The average molecular weight is 284 g/mol. The van der Waals surface area contributed by atoms with Crippen LogP contribution in [0.25, 0.3) is 10.8 Å². The van der Waals surface area contributed by atoms with Crippen LogP contribution in [0.5, 0.6) is 0 Å². The summed E-state index contributed by atoms with van der Waals surface area (Å²) in [6.07, 6.45) is 2.35. The molecule has 0 aliphatic heterocycles. The quantitative estimate of drug-likeness (QED) is 0.815. The Morgan fingerprint density at radius 3 is 2.43 bits per heavy atom. The van der Waals surface area contributed by atoms with Gasteiger partial charge >= 0.3 is 0 Å². The van der Waals surface area contributed by atoms with Gasteiger partial charge in [-0.05, 0) is 36.8 Å². The normalized spacial score (nSPS) is 14.1. The number of rotatable bonds is 7. The van der Waals surface area contributed by atoms with Crippen LogP contribution in [-0.2, 0) is 0 Å². The van der Waals surface area contributed by atoms with Crippen molar-refractivity contribution in [1.82, 2.24) is 0 Å². The Balaban J connectivity index is 2.35. The molecule has 21 heavy (non-hydrogen) atoms. The lowest BCUT2D eigenvalue weighted by atomic mass is 9.85. The van der Waals surface area contributed by atoms with E-state index in [4.69, 9.17) is 5.73 Å². The van der Waals surface area contributed by atoms with Gasteiger partial charge in [-0.2, -0.15) is 0 Å². The van der Waals surface area contributed by atoms with E-state index in [0.29, 0.717) is 0 Å². The Labute approximate surface area is 128 Å². The van der Waals surface area contributed by atoms with Crippen LogP contribution in [0.1, 0.15) is 33.6 Å². The van der Waals surface area contributed by atoms with Gasteiger partial charge in [0.2, 0.25) is 0 Å². The van der Waals surface area contributed by atoms with Gasteiger partial charge in [0.15, 0.2) is 0 Å². The number of nitrogens with zero attached hydrogens (tertiary/aromatic N) is 1. The molecule has 1 unspecified atom stereocenters. The molecular weight excluding hydrogens is 256 g/mol. The van der Waals surface area contributed by atoms with Crippen molar-refractivity contribution in [2.24, 2.45) is 11.1 Å². The summed E-state index contributed by atoms with van der Waals surface area (Å²) < 4.78 is 0. The third-order valence-corrected chi connectivity index (χ3v) is 4.41. The molecule has 2 rings (SSSR count). The highest BCUT2D eigenvalue weighted by Crippen LogP contribution is 2.31. The van der Waals surface area contributed by atoms with Crippen molar-refractivity contribution >= 4 is 16.5 Å². The van der Waals surface area contributed by atoms with E-state index < -0.39 is 0 Å². The average Bonchev–Trinajstić information content (AvgIpc) is 2.52. The Bertz CT molecular complexity index is 573. The highest BCUT2D eigenvalue weighted by molar-refractivity contribution is 5.94. The lowest BCUT2D eigenvalue weighted by Gasteiger charge is -2.36. The van der Waals surface area contributed by atoms with Gasteiger partial charge < -0.3 is 10.6 Å². The van der Waals surface area contributed by atoms with Crippen molar-refractivity contribution < 1.29 is 0 Å². The van der Waals surface area contributed by atoms with Crippen molar-refractivity contribution in [3.63, 3.8) is 0 Å². The van der Waals surface area contributed by atoms with E-state index in [1.54, 1.807) is 0 Å². The van der Waals surface area contributed by atoms with Crippen LogP contribution in [0.4, 0.5) is 5.69 Å². The number of benzene rings is 2. The molecule has 0 aromatic heterocycles. The molecule has 0 amide bonds. The van der Waals surface area contributed by atoms with Gasteiger partial charge in [-0.15, -0.1) is 0 Å². The first-order valence-corrected chi connectivity index (χ1v) is 8.06. The SMILES string of the molecule is CCCC(C)(CN)CN(CC)c1cccc2ccccc12. The fourth-order valence-corrected chi connectivity index (χ4v) is 3.16. The topological polar surface area (TPSA) is 29.3 Å². The largest absolute Gasteiger partial charge is 0.371 e. The van der Waals surface area contributed by atoms with E-state index in [2.05, 4.69) is 68.1 Å². The van der Waals surface area contributed by atoms with Gasteiger partial charge in [0.25, 0.3) is 0 Å². The minimum Gasteiger partial charge on any atom is -0.371 e. The first kappa shape index (κ1) is 15.8. The number of hydrogen-bond donors (Lipinski definition) is 1. The molecule has 2 aromatic rings. The van der Waals surface area contributed by atoms with Crippen LogP contribution >= 0.6 is 0 Å². The maximum absolute atomic E-state index is 6.06. The molecule has 2 N–H and O–H groups in total. The van der Waals surface area contributed by atoms with Gasteiger partial charge in [0, 0.05) is 24.2 Å². The maximum Gasteiger partial charge on any atom is 0.0445 e. The fourth-order valence-electron chi connectivity index (χ4n) is 3.16. The standard InChI is InChI=1S/C19H28N2/c1-4-13-19(3,14-20)15-21(5-2)18-12-8-10-16-9-6-7-11-17(16)18/h6-12H,4-5,13-15,20H2,1-3H3. The van der Waals surface area contributed by atoms with Crippen LogP contribution in [-0.4, -0.2) is 19.6 Å². The summed E-state index contributed by atoms with van der Waals surface area (Å²) in [5.74, 6) is 0. The van der Waals surface area contributed by atoms with Crippen molar-refractivity contribution in [2.75, 3.05) is 24.5 Å². The monoisotopic (exact) mass is 284 g/mol. The summed E-state index contributed by atoms with van der Waals surface area (Å²) in [5.41, 5.74) is 7.57. The second-order valence-electron chi connectivity index (χ2n) is 6.28. The van der Waals surface area contributed by atoms with Crippen LogP contribution in [0.3, 0.4) is 0 Å². The summed E-state index contributed by atoms with van der Waals surface area (Å²) in [6, 6.07) is 15.2. The van der Waals surface area contributed by atoms with Crippen molar-refractivity contribution in [2.45, 2.75) is 33.6 Å². The molecule has 2 nitrogen and oxygen atoms in total. The molecule has 2 aromatic carbocycles. The van der Waals surface area contributed by atoms with Crippen molar-refractivity contribution in [3.8, 4) is 0 Å². The second-order valence-corrected chi connectivity index (χ2v) is 6.28. The van der Waals surface area contributed by atoms with E-state index in [0.717, 1.165) is 19.6 Å². The first-order valence-electron chi connectivity index (χ1n) is 8.06. The lowest BCUT2D eigenvalue weighted by molar-refractivity contribution is 0.308. The zero-order chi connectivity index (χ0) is 15.3. The van der Waals surface area contributed by atoms with E-state index in [1.807, 2.05) is 0 Å². The van der Waals surface area contributed by atoms with Gasteiger partial charge in [-0.1, -0.05) is 56.7 Å². The number of hydrogen-bond acceptors (Lipinski definition) is 2. The molecule has 0 spiro atoms. The molecule has 114 valence electrons. The van der Waals surface area contributed by atoms with E-state index in [9.17, 15) is 0 Å². The summed E-state index contributed by atoms with van der Waals surface area (Å²) >= 11 is 0. The molecule has 0 radical (unpaired) electrons. The van der Waals surface area contributed by atoms with Crippen molar-refractivity contribution in [1.29, 1.82) is 0 Å². The molecule has 0 aliphatic rings. The van der Waals surface area contributed by atoms with Crippen LogP contribution < -0.4 is 10.6 Å². The molecule has 0 fully saturated rings. The van der Waals surface area contributed by atoms with E-state index in [-0.39, 0.29) is 5.41 Å². The molecule has 0 saturated heterocycles. The molecular formula is C19H28N2. The first-order chi connectivity index (χ1) is 10.1. The second kappa shape index (κ2) is 6.95. The smallest absolute Gasteiger partial charge is 0.0445 e. The molecule has 0 heterocycles. The third kappa shape index (κ3) is 3.56. The highest BCUT2D eigenvalue weighted by Gasteiger charge is 2.25. The molecule has 1 atom stereocenters. The molecule has 2 heteroatoms. The summed E-state index contributed by atoms with van der Waals surface area (Å²) in [7, 11) is 0. The van der Waals surface area contributed by atoms with Gasteiger partial charge in [-0.3, -0.25) is 0 Å². The summed E-state index contributed by atoms with van der Waals surface area (Å²) in [4.78, 5) is 2.48. The Hall–Kier alpha value is -1.54. The third-order valence-electron chi connectivity index (χ3n) is 4.41. The van der Waals surface area contributed by atoms with Gasteiger partial charge in [-0.25, -0.2) is 0 Å². The molecule has 0 bridgehead atoms. The summed E-state index contributed by atoms with van der Waals surface area (Å²) in [6.45, 7) is 9.54. The summed E-state index contributed by atoms with van der Waals surface area (Å²) in [5, 5.41) is 2.64. The zero-order valence-electron chi connectivity index (χ0n) is 13.6. The van der Waals surface area contributed by atoms with E-state index in [1.165, 1.54) is 29.3 Å². The predicted octanol–water partition coefficient (Wildman–Crippen LogP) is 4.43. The maximum atomic E-state index is 6.06. The molecule has 0 aliphatic carbocycles. The number of nitrogens with two attached hydrogens (primary N) is 1. The van der Waals surface area contributed by atoms with E-state index >= 15 is 0 Å². The van der Waals surface area contributed by atoms with Crippen LogP contribution in [0.2, 0.25) is 0 Å².